The zero-order chi connectivity index (χ0) is 21.4. The molecular weight excluding hydrogens is 366 g/mol. The second-order valence-electron chi connectivity index (χ2n) is 7.53. The molecule has 162 valence electrons. The lowest BCUT2D eigenvalue weighted by molar-refractivity contribution is -0.232. The molecule has 0 aromatic rings. The number of nitrogens with one attached hydrogen (secondary N) is 1. The Labute approximate surface area is 166 Å². The van der Waals surface area contributed by atoms with E-state index in [1.165, 1.54) is 6.92 Å². The summed E-state index contributed by atoms with van der Waals surface area (Å²) < 4.78 is 18.5. The first-order valence-electron chi connectivity index (χ1n) is 10.0. The summed E-state index contributed by atoms with van der Waals surface area (Å²) in [5, 5.41) is 25.0. The molecule has 7 nitrogen and oxygen atoms in total. The average molecular weight is 408 g/mol. The summed E-state index contributed by atoms with van der Waals surface area (Å²) in [4.78, 5) is 11.1. The lowest BCUT2D eigenvalue weighted by atomic mass is 9.71. The zero-order valence-corrected chi connectivity index (χ0v) is 19.5. The van der Waals surface area contributed by atoms with Crippen LogP contribution in [0.1, 0.15) is 74.7 Å². The van der Waals surface area contributed by atoms with Crippen molar-refractivity contribution in [2.45, 2.75) is 97.5 Å². The third-order valence-corrected chi connectivity index (χ3v) is 8.70. The van der Waals surface area contributed by atoms with Crippen molar-refractivity contribution in [1.82, 2.24) is 5.32 Å². The molecule has 2 unspecified atom stereocenters. The Morgan fingerprint density at radius 3 is 1.74 bits per heavy atom. The molecule has 8 heteroatoms. The van der Waals surface area contributed by atoms with E-state index in [9.17, 15) is 15.0 Å². The van der Waals surface area contributed by atoms with Crippen LogP contribution in [0.3, 0.4) is 0 Å². The van der Waals surface area contributed by atoms with Gasteiger partial charge < -0.3 is 28.8 Å². The first-order chi connectivity index (χ1) is 12.4. The predicted molar refractivity (Wildman–Crippen MR) is 108 cm³/mol. The van der Waals surface area contributed by atoms with Gasteiger partial charge >= 0.3 is 8.80 Å². The third-order valence-electron chi connectivity index (χ3n) is 5.55. The molecule has 3 N–H and O–H groups in total. The molecule has 0 fully saturated rings. The van der Waals surface area contributed by atoms with Crippen molar-refractivity contribution >= 4 is 14.7 Å². The molecule has 0 aromatic carbocycles. The van der Waals surface area contributed by atoms with Gasteiger partial charge in [-0.2, -0.15) is 0 Å². The summed E-state index contributed by atoms with van der Waals surface area (Å²) in [5.74, 6) is -0.0938. The van der Waals surface area contributed by atoms with Crippen molar-refractivity contribution in [2.75, 3.05) is 19.8 Å². The minimum atomic E-state index is -3.23. The van der Waals surface area contributed by atoms with Gasteiger partial charge in [0.1, 0.15) is 5.60 Å². The second kappa shape index (κ2) is 10.9. The van der Waals surface area contributed by atoms with Crippen molar-refractivity contribution in [3.05, 3.63) is 0 Å². The van der Waals surface area contributed by atoms with Gasteiger partial charge in [0.05, 0.1) is 11.2 Å². The normalized spacial score (nSPS) is 19.0. The quantitative estimate of drug-likeness (QED) is 0.302. The molecule has 0 radical (unpaired) electrons. The first kappa shape index (κ1) is 26.5. The molecule has 0 saturated carbocycles. The minimum Gasteiger partial charge on any atom is -0.387 e. The van der Waals surface area contributed by atoms with E-state index in [4.69, 9.17) is 13.3 Å². The van der Waals surface area contributed by atoms with Gasteiger partial charge in [0.2, 0.25) is 5.91 Å². The van der Waals surface area contributed by atoms with Gasteiger partial charge in [-0.05, 0) is 53.9 Å². The van der Waals surface area contributed by atoms with Crippen LogP contribution >= 0.6 is 0 Å². The summed E-state index contributed by atoms with van der Waals surface area (Å²) in [6.45, 7) is 15.3. The Morgan fingerprint density at radius 1 is 0.963 bits per heavy atom. The monoisotopic (exact) mass is 407 g/mol. The molecule has 27 heavy (non-hydrogen) atoms. The van der Waals surface area contributed by atoms with Crippen molar-refractivity contribution in [2.24, 2.45) is 0 Å². The van der Waals surface area contributed by atoms with E-state index in [1.807, 2.05) is 27.7 Å². The van der Waals surface area contributed by atoms with Crippen molar-refractivity contribution in [3.63, 3.8) is 0 Å². The van der Waals surface area contributed by atoms with Crippen LogP contribution in [0.15, 0.2) is 0 Å². The van der Waals surface area contributed by atoms with E-state index in [2.05, 4.69) is 5.32 Å². The summed E-state index contributed by atoms with van der Waals surface area (Å²) in [7, 11) is -3.23. The number of rotatable bonds is 14. The molecule has 0 aliphatic heterocycles. The Balaban J connectivity index is 5.87. The van der Waals surface area contributed by atoms with E-state index < -0.39 is 25.6 Å². The van der Waals surface area contributed by atoms with E-state index >= 15 is 0 Å². The molecule has 0 heterocycles. The van der Waals surface area contributed by atoms with Crippen LogP contribution in [0.4, 0.5) is 0 Å². The fourth-order valence-corrected chi connectivity index (χ4v) is 6.23. The van der Waals surface area contributed by atoms with Crippen molar-refractivity contribution in [1.29, 1.82) is 0 Å². The predicted octanol–water partition coefficient (Wildman–Crippen LogP) is 2.62. The van der Waals surface area contributed by atoms with Gasteiger partial charge in [0.25, 0.3) is 0 Å². The van der Waals surface area contributed by atoms with E-state index in [-0.39, 0.29) is 5.91 Å². The molecule has 2 atom stereocenters. The van der Waals surface area contributed by atoms with Crippen LogP contribution in [0.2, 0.25) is 6.04 Å². The van der Waals surface area contributed by atoms with Crippen LogP contribution in [-0.4, -0.2) is 61.5 Å². The topological polar surface area (TPSA) is 97.3 Å². The lowest BCUT2D eigenvalue weighted by Gasteiger charge is -2.53. The van der Waals surface area contributed by atoms with Gasteiger partial charge in [-0.15, -0.1) is 0 Å². The molecule has 0 aliphatic carbocycles. The molecule has 0 bridgehead atoms. The van der Waals surface area contributed by atoms with E-state index in [0.717, 1.165) is 0 Å². The van der Waals surface area contributed by atoms with Gasteiger partial charge in [-0.3, -0.25) is 4.79 Å². The van der Waals surface area contributed by atoms with Crippen molar-refractivity contribution in [3.8, 4) is 0 Å². The number of carbonyl (C=O) groups excluding carboxylic acids is 1. The summed E-state index contributed by atoms with van der Waals surface area (Å²) in [6, 6.07) is 0.476. The van der Waals surface area contributed by atoms with E-state index in [1.54, 1.807) is 20.8 Å². The maximum Gasteiger partial charge on any atom is 0.501 e. The second-order valence-corrected chi connectivity index (χ2v) is 10.2. The SMILES string of the molecule is CCO[Si](CCCNC(C)=O)(OCC)OC(C)(C(C)(O)CC)C(C)(O)CC. The Kier molecular flexibility index (Phi) is 10.7. The molecule has 0 spiro atoms. The Bertz CT molecular complexity index is 433. The first-order valence-corrected chi connectivity index (χ1v) is 12.0. The number of carbonyl (C=O) groups is 1. The highest BCUT2D eigenvalue weighted by Crippen LogP contribution is 2.43. The fourth-order valence-electron chi connectivity index (χ4n) is 3.09. The average Bonchev–Trinajstić information content (AvgIpc) is 2.58. The van der Waals surface area contributed by atoms with Gasteiger partial charge in [0, 0.05) is 32.7 Å². The molecule has 0 saturated heterocycles. The highest BCUT2D eigenvalue weighted by Gasteiger charge is 2.60. The van der Waals surface area contributed by atoms with Crippen molar-refractivity contribution < 1.29 is 28.3 Å². The number of hydrogen-bond acceptors (Lipinski definition) is 6. The Morgan fingerprint density at radius 2 is 1.41 bits per heavy atom. The largest absolute Gasteiger partial charge is 0.501 e. The summed E-state index contributed by atoms with van der Waals surface area (Å²) >= 11 is 0. The third kappa shape index (κ3) is 6.80. The highest BCUT2D eigenvalue weighted by molar-refractivity contribution is 6.60. The zero-order valence-electron chi connectivity index (χ0n) is 18.5. The highest BCUT2D eigenvalue weighted by atomic mass is 28.4. The number of aliphatic hydroxyl groups is 2. The number of amides is 1. The van der Waals surface area contributed by atoms with Gasteiger partial charge in [0.15, 0.2) is 0 Å². The Hall–Kier alpha value is -0.513. The minimum absolute atomic E-state index is 0.0938. The van der Waals surface area contributed by atoms with Crippen LogP contribution in [-0.2, 0) is 18.1 Å². The maximum atomic E-state index is 11.1. The van der Waals surface area contributed by atoms with Gasteiger partial charge in [-0.25, -0.2) is 0 Å². The van der Waals surface area contributed by atoms with Crippen LogP contribution in [0.25, 0.3) is 0 Å². The molecule has 1 amide bonds. The van der Waals surface area contributed by atoms with E-state index in [0.29, 0.717) is 45.1 Å². The molecular formula is C19H41NO6Si. The summed E-state index contributed by atoms with van der Waals surface area (Å²) in [6.07, 6.45) is 1.41. The van der Waals surface area contributed by atoms with Crippen LogP contribution < -0.4 is 5.32 Å². The van der Waals surface area contributed by atoms with Crippen LogP contribution in [0, 0.1) is 0 Å². The van der Waals surface area contributed by atoms with Crippen LogP contribution in [0.5, 0.6) is 0 Å². The molecule has 0 aromatic heterocycles. The molecule has 0 rings (SSSR count). The summed E-state index contributed by atoms with van der Waals surface area (Å²) in [5.41, 5.74) is -3.89. The smallest absolute Gasteiger partial charge is 0.387 e. The molecule has 0 aliphatic rings. The number of hydrogen-bond donors (Lipinski definition) is 3. The van der Waals surface area contributed by atoms with Gasteiger partial charge in [-0.1, -0.05) is 13.8 Å². The lowest BCUT2D eigenvalue weighted by Crippen LogP contribution is -2.69. The maximum absolute atomic E-state index is 11.1. The fraction of sp³-hybridized carbons (Fsp3) is 0.947. The standard InChI is InChI=1S/C19H41NO6Si/c1-9-17(6,22)19(8,18(7,23)10-2)26-27(24-11-3,25-12-4)15-13-14-20-16(5)21/h22-23H,9-15H2,1-8H3,(H,20,21).